The summed E-state index contributed by atoms with van der Waals surface area (Å²) in [5.74, 6) is -1.86. The summed E-state index contributed by atoms with van der Waals surface area (Å²) in [6.45, 7) is 0.404. The maximum absolute atomic E-state index is 13.0. The summed E-state index contributed by atoms with van der Waals surface area (Å²) < 4.78 is 33.7. The number of carbonyl (C=O) groups excluding carboxylic acids is 2. The number of nitrogens with two attached hydrogens (primary N) is 1. The van der Waals surface area contributed by atoms with E-state index in [1.54, 1.807) is 5.38 Å². The molecule has 2 aliphatic heterocycles. The van der Waals surface area contributed by atoms with Gasteiger partial charge in [0.05, 0.1) is 0 Å². The van der Waals surface area contributed by atoms with Gasteiger partial charge in [-0.2, -0.15) is 13.0 Å². The molecule has 5 rings (SSSR count). The number of anilines is 1. The second-order valence-electron chi connectivity index (χ2n) is 8.72. The van der Waals surface area contributed by atoms with Crippen LogP contribution >= 0.6 is 23.1 Å². The molecule has 16 nitrogen and oxygen atoms in total. The molecule has 222 valence electrons. The zero-order valence-electron chi connectivity index (χ0n) is 21.4. The fourth-order valence-electron chi connectivity index (χ4n) is 4.67. The van der Waals surface area contributed by atoms with Gasteiger partial charge in [-0.3, -0.25) is 23.6 Å². The van der Waals surface area contributed by atoms with E-state index in [4.69, 9.17) is 28.1 Å². The van der Waals surface area contributed by atoms with Gasteiger partial charge in [-0.15, -0.1) is 23.1 Å². The molecule has 0 bridgehead atoms. The predicted octanol–water partition coefficient (Wildman–Crippen LogP) is -1.19. The maximum atomic E-state index is 13.0. The first-order chi connectivity index (χ1) is 18.9. The Kier molecular flexibility index (Phi) is 10.0. The zero-order chi connectivity index (χ0) is 29.2. The van der Waals surface area contributed by atoms with Crippen LogP contribution in [0.25, 0.3) is 0 Å². The van der Waals surface area contributed by atoms with E-state index in [0.29, 0.717) is 17.9 Å². The lowest BCUT2D eigenvalue weighted by Crippen LogP contribution is -2.71. The molecule has 1 saturated heterocycles. The van der Waals surface area contributed by atoms with Crippen molar-refractivity contribution in [1.82, 2.24) is 15.2 Å². The van der Waals surface area contributed by atoms with Crippen LogP contribution in [-0.4, -0.2) is 85.8 Å². The number of aliphatic carboxylic acids is 1. The largest absolute Gasteiger partial charge is 0.477 e. The number of rotatable bonds is 7. The van der Waals surface area contributed by atoms with Gasteiger partial charge in [0.25, 0.3) is 11.8 Å². The fraction of sp³-hybridized carbons (Fsp3) is 0.364. The summed E-state index contributed by atoms with van der Waals surface area (Å²) >= 11 is 2.57. The molecule has 2 amide bonds. The van der Waals surface area contributed by atoms with Crippen LogP contribution in [0.3, 0.4) is 0 Å². The zero-order valence-corrected chi connectivity index (χ0v) is 23.8. The number of amides is 2. The summed E-state index contributed by atoms with van der Waals surface area (Å²) in [5.41, 5.74) is 8.92. The molecule has 0 aromatic carbocycles. The molecule has 0 unspecified atom stereocenters. The molecule has 2 aromatic heterocycles. The minimum absolute atomic E-state index is 0. The Hall–Kier alpha value is -3.62. The van der Waals surface area contributed by atoms with Gasteiger partial charge in [0, 0.05) is 34.8 Å². The second-order valence-corrected chi connectivity index (χ2v) is 11.6. The number of thiazole rings is 1. The Balaban J connectivity index is 0.000000711. The third-order valence-corrected chi connectivity index (χ3v) is 8.21. The van der Waals surface area contributed by atoms with Crippen molar-refractivity contribution in [2.24, 2.45) is 5.16 Å². The number of nitrogens with one attached hydrogen (secondary N) is 1. The number of aryl methyl sites for hydroxylation is 1. The summed E-state index contributed by atoms with van der Waals surface area (Å²) in [4.78, 5) is 48.2. The lowest BCUT2D eigenvalue weighted by molar-refractivity contribution is -0.696. The van der Waals surface area contributed by atoms with Gasteiger partial charge < -0.3 is 26.5 Å². The SMILES string of the molecule is CO/N=C(/C(=O)N[C@@H]1C(=O)N2C(C(=O)O)=C(C[n+]3cccc4c3CCC4)CS[C@H]12)c1csc(N)n1.O.O=S(=O)(O)O. The van der Waals surface area contributed by atoms with Crippen LogP contribution in [-0.2, 0) is 49.0 Å². The van der Waals surface area contributed by atoms with Crippen LogP contribution < -0.4 is 15.6 Å². The first-order valence-corrected chi connectivity index (χ1v) is 14.9. The van der Waals surface area contributed by atoms with Crippen molar-refractivity contribution in [2.75, 3.05) is 18.6 Å². The van der Waals surface area contributed by atoms with E-state index in [2.05, 4.69) is 26.1 Å². The van der Waals surface area contributed by atoms with Gasteiger partial charge in [-0.1, -0.05) is 5.16 Å². The van der Waals surface area contributed by atoms with Crippen molar-refractivity contribution in [1.29, 1.82) is 0 Å². The fourth-order valence-corrected chi connectivity index (χ4v) is 6.56. The number of nitrogen functional groups attached to an aromatic ring is 1. The Morgan fingerprint density at radius 3 is 2.66 bits per heavy atom. The monoisotopic (exact) mass is 631 g/mol. The Morgan fingerprint density at radius 2 is 2.05 bits per heavy atom. The summed E-state index contributed by atoms with van der Waals surface area (Å²) in [7, 11) is -3.37. The molecule has 2 aromatic rings. The Morgan fingerprint density at radius 1 is 1.34 bits per heavy atom. The van der Waals surface area contributed by atoms with E-state index in [-0.39, 0.29) is 27.7 Å². The maximum Gasteiger partial charge on any atom is 0.394 e. The first-order valence-electron chi connectivity index (χ1n) is 11.6. The molecule has 1 fully saturated rings. The highest BCUT2D eigenvalue weighted by Crippen LogP contribution is 2.40. The molecule has 0 saturated carbocycles. The van der Waals surface area contributed by atoms with Crippen molar-refractivity contribution in [3.05, 3.63) is 51.9 Å². The lowest BCUT2D eigenvalue weighted by Gasteiger charge is -2.49. The van der Waals surface area contributed by atoms with E-state index >= 15 is 0 Å². The summed E-state index contributed by atoms with van der Waals surface area (Å²) in [6, 6.07) is 3.18. The number of carboxylic acids is 1. The van der Waals surface area contributed by atoms with Crippen molar-refractivity contribution in [3.8, 4) is 0 Å². The highest BCUT2D eigenvalue weighted by Gasteiger charge is 2.55. The third kappa shape index (κ3) is 7.18. The molecule has 3 aliphatic rings. The molecule has 41 heavy (non-hydrogen) atoms. The molecule has 2 atom stereocenters. The number of aromatic nitrogens is 2. The smallest absolute Gasteiger partial charge is 0.394 e. The standard InChI is InChI=1S/C22H22N6O5S2.H2O4S.H2O/c1-33-26-15(13-10-35-22(23)24-13)18(29)25-16-19(30)28-17(21(31)32)12(9-34-20(16)28)8-27-7-3-5-11-4-2-6-14(11)27;1-5(2,3)4;/h3,5,7,10,16,20H,2,4,6,8-9H2,1H3,(H3-,23,24,25,29,31,32);(H2,1,2,3,4);1H2/p+1/b26-15+;;/t16-,20-;;/m1../s1. The number of oxime groups is 1. The number of carbonyl (C=O) groups is 3. The molecule has 8 N–H and O–H groups in total. The third-order valence-electron chi connectivity index (χ3n) is 6.20. The van der Waals surface area contributed by atoms with Crippen LogP contribution in [0.2, 0.25) is 0 Å². The molecule has 4 heterocycles. The van der Waals surface area contributed by atoms with Crippen LogP contribution in [0.1, 0.15) is 23.4 Å². The van der Waals surface area contributed by atoms with Crippen molar-refractivity contribution < 1.29 is 51.9 Å². The van der Waals surface area contributed by atoms with Gasteiger partial charge in [0.1, 0.15) is 29.9 Å². The Bertz CT molecular complexity index is 1520. The first kappa shape index (κ1) is 31.9. The number of carboxylic acid groups (broad SMARTS) is 1. The summed E-state index contributed by atoms with van der Waals surface area (Å²) in [5, 5.41) is 17.7. The van der Waals surface area contributed by atoms with Gasteiger partial charge in [0.15, 0.2) is 29.3 Å². The van der Waals surface area contributed by atoms with E-state index in [1.807, 2.05) is 12.3 Å². The van der Waals surface area contributed by atoms with Crippen molar-refractivity contribution >= 4 is 62.1 Å². The predicted molar refractivity (Wildman–Crippen MR) is 146 cm³/mol. The van der Waals surface area contributed by atoms with Gasteiger partial charge in [0.2, 0.25) is 0 Å². The molecule has 1 aliphatic carbocycles. The van der Waals surface area contributed by atoms with Gasteiger partial charge in [-0.25, -0.2) is 9.78 Å². The van der Waals surface area contributed by atoms with E-state index < -0.39 is 39.6 Å². The number of hydrogen-bond donors (Lipinski definition) is 5. The number of β-lactam (4-membered cyclic amide) rings is 1. The average molecular weight is 632 g/mol. The van der Waals surface area contributed by atoms with E-state index in [1.165, 1.54) is 35.0 Å². The van der Waals surface area contributed by atoms with E-state index in [9.17, 15) is 19.5 Å². The highest BCUT2D eigenvalue weighted by molar-refractivity contribution is 8.00. The molecule has 0 radical (unpaired) electrons. The average Bonchev–Trinajstić information content (AvgIpc) is 3.53. The Labute approximate surface area is 241 Å². The minimum atomic E-state index is -4.67. The van der Waals surface area contributed by atoms with Crippen LogP contribution in [0.4, 0.5) is 5.13 Å². The molecule has 19 heteroatoms. The van der Waals surface area contributed by atoms with Gasteiger partial charge in [-0.05, 0) is 18.9 Å². The number of hydrogen-bond acceptors (Lipinski definition) is 11. The lowest BCUT2D eigenvalue weighted by atomic mass is 10.0. The van der Waals surface area contributed by atoms with Crippen LogP contribution in [0.5, 0.6) is 0 Å². The topological polar surface area (TPSA) is 257 Å². The highest BCUT2D eigenvalue weighted by atomic mass is 32.3. The summed E-state index contributed by atoms with van der Waals surface area (Å²) in [6.07, 6.45) is 5.01. The van der Waals surface area contributed by atoms with E-state index in [0.717, 1.165) is 30.6 Å². The quantitative estimate of drug-likeness (QED) is 0.0795. The number of pyridine rings is 1. The second kappa shape index (κ2) is 12.9. The normalized spacial score (nSPS) is 19.6. The molecular formula is C22H27N6O10S3+. The number of thioether (sulfide) groups is 1. The minimum Gasteiger partial charge on any atom is -0.477 e. The van der Waals surface area contributed by atoms with Crippen molar-refractivity contribution in [2.45, 2.75) is 37.2 Å². The van der Waals surface area contributed by atoms with Gasteiger partial charge >= 0.3 is 16.4 Å². The van der Waals surface area contributed by atoms with Crippen LogP contribution in [0, 0.1) is 0 Å². The molecule has 0 spiro atoms. The number of nitrogens with zero attached hydrogens (tertiary/aromatic N) is 4. The number of fused-ring (bicyclic) bond motifs is 2. The van der Waals surface area contributed by atoms with Crippen LogP contribution in [0.15, 0.2) is 40.1 Å². The molecular weight excluding hydrogens is 604 g/mol. The van der Waals surface area contributed by atoms with Crippen molar-refractivity contribution in [3.63, 3.8) is 0 Å².